The summed E-state index contributed by atoms with van der Waals surface area (Å²) < 4.78 is 37.5. The van der Waals surface area contributed by atoms with Crippen molar-refractivity contribution in [1.82, 2.24) is 10.6 Å². The van der Waals surface area contributed by atoms with Crippen LogP contribution in [-0.2, 0) is 12.7 Å². The van der Waals surface area contributed by atoms with Crippen LogP contribution in [0.5, 0.6) is 0 Å². The molecule has 0 atom stereocenters. The molecular weight excluding hydrogens is 418 g/mol. The Morgan fingerprint density at radius 3 is 2.30 bits per heavy atom. The van der Waals surface area contributed by atoms with E-state index in [4.69, 9.17) is 0 Å². The Morgan fingerprint density at radius 1 is 1.17 bits per heavy atom. The predicted molar refractivity (Wildman–Crippen MR) is 97.0 cm³/mol. The maximum atomic E-state index is 12.5. The van der Waals surface area contributed by atoms with Gasteiger partial charge in [-0.2, -0.15) is 13.2 Å². The molecular formula is C16H21F3IN3. The molecule has 0 spiro atoms. The summed E-state index contributed by atoms with van der Waals surface area (Å²) in [6, 6.07) is 5.45. The summed E-state index contributed by atoms with van der Waals surface area (Å²) in [6.45, 7) is 3.05. The summed E-state index contributed by atoms with van der Waals surface area (Å²) in [5.41, 5.74) is 0.108. The molecule has 1 aromatic carbocycles. The van der Waals surface area contributed by atoms with Gasteiger partial charge in [0.05, 0.1) is 12.1 Å². The van der Waals surface area contributed by atoms with Crippen molar-refractivity contribution >= 4 is 29.9 Å². The summed E-state index contributed by atoms with van der Waals surface area (Å²) in [7, 11) is 0. The van der Waals surface area contributed by atoms with Gasteiger partial charge in [-0.25, -0.2) is 4.99 Å². The molecule has 7 heteroatoms. The van der Waals surface area contributed by atoms with E-state index >= 15 is 0 Å². The van der Waals surface area contributed by atoms with Gasteiger partial charge in [-0.3, -0.25) is 0 Å². The third kappa shape index (κ3) is 6.40. The Hall–Kier alpha value is -1.25. The first-order chi connectivity index (χ1) is 10.5. The summed E-state index contributed by atoms with van der Waals surface area (Å²) in [6.07, 6.45) is 1.87. The standard InChI is InChI=1S/C16H20F3N3.HI/c1-2-20-15(22-14-5-3-4-6-14)21-11-12-7-9-13(10-8-12)16(17,18)19;/h3-4,7-10,14H,2,5-6,11H2,1H3,(H2,20,21,22);1H. The van der Waals surface area contributed by atoms with Crippen molar-refractivity contribution < 1.29 is 13.2 Å². The number of benzene rings is 1. The normalized spacial score (nSPS) is 15.4. The lowest BCUT2D eigenvalue weighted by atomic mass is 10.1. The second kappa shape index (κ2) is 9.14. The van der Waals surface area contributed by atoms with Crippen LogP contribution in [-0.4, -0.2) is 18.5 Å². The Morgan fingerprint density at radius 2 is 1.78 bits per heavy atom. The average molecular weight is 439 g/mol. The first kappa shape index (κ1) is 19.8. The fraction of sp³-hybridized carbons (Fsp3) is 0.438. The fourth-order valence-electron chi connectivity index (χ4n) is 2.22. The van der Waals surface area contributed by atoms with E-state index in [2.05, 4.69) is 27.8 Å². The van der Waals surface area contributed by atoms with Crippen LogP contribution in [0, 0.1) is 0 Å². The molecule has 2 rings (SSSR count). The van der Waals surface area contributed by atoms with Gasteiger partial charge in [-0.15, -0.1) is 24.0 Å². The highest BCUT2D eigenvalue weighted by Gasteiger charge is 2.29. The predicted octanol–water partition coefficient (Wildman–Crippen LogP) is 4.10. The van der Waals surface area contributed by atoms with Gasteiger partial charge in [-0.05, 0) is 37.5 Å². The van der Waals surface area contributed by atoms with E-state index in [1.165, 1.54) is 12.1 Å². The highest BCUT2D eigenvalue weighted by atomic mass is 127. The van der Waals surface area contributed by atoms with Crippen LogP contribution in [0.4, 0.5) is 13.2 Å². The SMILES string of the molecule is CCNC(=NCc1ccc(C(F)(F)F)cc1)NC1CC=CC1.I. The quantitative estimate of drug-likeness (QED) is 0.321. The lowest BCUT2D eigenvalue weighted by Crippen LogP contribution is -2.42. The van der Waals surface area contributed by atoms with Crippen molar-refractivity contribution in [1.29, 1.82) is 0 Å². The number of guanidine groups is 1. The van der Waals surface area contributed by atoms with Crippen molar-refractivity contribution in [3.8, 4) is 0 Å². The fourth-order valence-corrected chi connectivity index (χ4v) is 2.22. The molecule has 0 aromatic heterocycles. The lowest BCUT2D eigenvalue weighted by Gasteiger charge is -2.16. The molecule has 2 N–H and O–H groups in total. The Bertz CT molecular complexity index is 530. The van der Waals surface area contributed by atoms with Gasteiger partial charge in [0.25, 0.3) is 0 Å². The van der Waals surface area contributed by atoms with E-state index in [1.807, 2.05) is 6.92 Å². The van der Waals surface area contributed by atoms with Crippen LogP contribution >= 0.6 is 24.0 Å². The summed E-state index contributed by atoms with van der Waals surface area (Å²) in [5.74, 6) is 0.691. The number of rotatable bonds is 4. The number of hydrogen-bond donors (Lipinski definition) is 2. The Labute approximate surface area is 151 Å². The van der Waals surface area contributed by atoms with Gasteiger partial charge in [0.15, 0.2) is 5.96 Å². The number of aliphatic imine (C=N–C) groups is 1. The van der Waals surface area contributed by atoms with Gasteiger partial charge in [-0.1, -0.05) is 24.3 Å². The molecule has 0 heterocycles. The van der Waals surface area contributed by atoms with Gasteiger partial charge in [0.2, 0.25) is 0 Å². The smallest absolute Gasteiger partial charge is 0.357 e. The van der Waals surface area contributed by atoms with E-state index in [-0.39, 0.29) is 24.0 Å². The molecule has 0 saturated heterocycles. The van der Waals surface area contributed by atoms with E-state index < -0.39 is 11.7 Å². The van der Waals surface area contributed by atoms with Crippen molar-refractivity contribution in [2.75, 3.05) is 6.54 Å². The second-order valence-corrected chi connectivity index (χ2v) is 5.17. The molecule has 1 aliphatic carbocycles. The third-order valence-corrected chi connectivity index (χ3v) is 3.39. The van der Waals surface area contributed by atoms with E-state index in [1.54, 1.807) is 0 Å². The minimum absolute atomic E-state index is 0. The zero-order valence-electron chi connectivity index (χ0n) is 12.9. The lowest BCUT2D eigenvalue weighted by molar-refractivity contribution is -0.137. The number of alkyl halides is 3. The van der Waals surface area contributed by atoms with E-state index in [0.717, 1.165) is 37.1 Å². The largest absolute Gasteiger partial charge is 0.416 e. The van der Waals surface area contributed by atoms with Crippen molar-refractivity contribution in [2.45, 2.75) is 38.5 Å². The Kier molecular flexibility index (Phi) is 7.87. The molecule has 0 amide bonds. The van der Waals surface area contributed by atoms with Crippen LogP contribution in [0.15, 0.2) is 41.4 Å². The van der Waals surface area contributed by atoms with Crippen LogP contribution in [0.2, 0.25) is 0 Å². The maximum absolute atomic E-state index is 12.5. The molecule has 0 aliphatic heterocycles. The number of hydrogen-bond acceptors (Lipinski definition) is 1. The van der Waals surface area contributed by atoms with Crippen LogP contribution < -0.4 is 10.6 Å². The molecule has 1 aliphatic rings. The number of nitrogens with zero attached hydrogens (tertiary/aromatic N) is 1. The average Bonchev–Trinajstić information content (AvgIpc) is 2.97. The van der Waals surface area contributed by atoms with Crippen LogP contribution in [0.1, 0.15) is 30.9 Å². The Balaban J connectivity index is 0.00000264. The zero-order valence-corrected chi connectivity index (χ0v) is 15.2. The maximum Gasteiger partial charge on any atom is 0.416 e. The second-order valence-electron chi connectivity index (χ2n) is 5.17. The van der Waals surface area contributed by atoms with E-state index in [0.29, 0.717) is 18.5 Å². The minimum atomic E-state index is -4.30. The number of nitrogens with one attached hydrogen (secondary N) is 2. The van der Waals surface area contributed by atoms with Crippen LogP contribution in [0.25, 0.3) is 0 Å². The minimum Gasteiger partial charge on any atom is -0.357 e. The van der Waals surface area contributed by atoms with Crippen molar-refractivity contribution in [2.24, 2.45) is 4.99 Å². The van der Waals surface area contributed by atoms with Gasteiger partial charge in [0.1, 0.15) is 0 Å². The molecule has 3 nitrogen and oxygen atoms in total. The monoisotopic (exact) mass is 439 g/mol. The zero-order chi connectivity index (χ0) is 16.0. The van der Waals surface area contributed by atoms with Gasteiger partial charge >= 0.3 is 6.18 Å². The van der Waals surface area contributed by atoms with Gasteiger partial charge in [0, 0.05) is 12.6 Å². The highest BCUT2D eigenvalue weighted by Crippen LogP contribution is 2.29. The van der Waals surface area contributed by atoms with Gasteiger partial charge < -0.3 is 10.6 Å². The molecule has 0 unspecified atom stereocenters. The third-order valence-electron chi connectivity index (χ3n) is 3.39. The molecule has 128 valence electrons. The molecule has 0 bridgehead atoms. The number of halogens is 4. The topological polar surface area (TPSA) is 36.4 Å². The molecule has 0 fully saturated rings. The molecule has 23 heavy (non-hydrogen) atoms. The van der Waals surface area contributed by atoms with Crippen molar-refractivity contribution in [3.05, 3.63) is 47.5 Å². The van der Waals surface area contributed by atoms with Crippen LogP contribution in [0.3, 0.4) is 0 Å². The summed E-state index contributed by atoms with van der Waals surface area (Å²) in [4.78, 5) is 4.42. The molecule has 1 aromatic rings. The van der Waals surface area contributed by atoms with E-state index in [9.17, 15) is 13.2 Å². The molecule has 0 saturated carbocycles. The summed E-state index contributed by atoms with van der Waals surface area (Å²) >= 11 is 0. The van der Waals surface area contributed by atoms with Crippen molar-refractivity contribution in [3.63, 3.8) is 0 Å². The first-order valence-electron chi connectivity index (χ1n) is 7.35. The first-order valence-corrected chi connectivity index (χ1v) is 7.35. The molecule has 0 radical (unpaired) electrons. The summed E-state index contributed by atoms with van der Waals surface area (Å²) in [5, 5.41) is 6.47. The highest BCUT2D eigenvalue weighted by molar-refractivity contribution is 14.0.